The third kappa shape index (κ3) is 3.04. The summed E-state index contributed by atoms with van der Waals surface area (Å²) in [7, 11) is 0. The van der Waals surface area contributed by atoms with E-state index in [-0.39, 0.29) is 5.91 Å². The maximum absolute atomic E-state index is 12.2. The number of nitrogens with one attached hydrogen (secondary N) is 1. The molecule has 0 heterocycles. The summed E-state index contributed by atoms with van der Waals surface area (Å²) in [6.45, 7) is 5.09. The third-order valence-electron chi connectivity index (χ3n) is 4.66. The summed E-state index contributed by atoms with van der Waals surface area (Å²) in [5.41, 5.74) is 6.45. The van der Waals surface area contributed by atoms with Crippen molar-refractivity contribution < 1.29 is 4.79 Å². The molecule has 1 aliphatic carbocycles. The van der Waals surface area contributed by atoms with Gasteiger partial charge in [-0.3, -0.25) is 10.1 Å². The topological polar surface area (TPSA) is 55.1 Å². The maximum Gasteiger partial charge on any atom is 0.238 e. The molecule has 2 rings (SSSR count). The summed E-state index contributed by atoms with van der Waals surface area (Å²) in [6, 6.07) is 10.2. The minimum atomic E-state index is -0.539. The molecule has 3 nitrogen and oxygen atoms in total. The molecular formula is C17H26N2O. The molecule has 0 spiro atoms. The Morgan fingerprint density at radius 1 is 1.35 bits per heavy atom. The van der Waals surface area contributed by atoms with Gasteiger partial charge in [0, 0.05) is 6.54 Å². The van der Waals surface area contributed by atoms with E-state index in [9.17, 15) is 4.79 Å². The summed E-state index contributed by atoms with van der Waals surface area (Å²) in [5.74, 6) is 0.607. The van der Waals surface area contributed by atoms with Crippen LogP contribution >= 0.6 is 0 Å². The lowest BCUT2D eigenvalue weighted by atomic mass is 9.67. The van der Waals surface area contributed by atoms with E-state index in [2.05, 4.69) is 31.3 Å². The predicted octanol–water partition coefficient (Wildman–Crippen LogP) is 2.85. The molecular weight excluding hydrogens is 248 g/mol. The molecule has 1 aliphatic rings. The molecule has 0 aromatic heterocycles. The van der Waals surface area contributed by atoms with Crippen LogP contribution < -0.4 is 11.1 Å². The third-order valence-corrected chi connectivity index (χ3v) is 4.66. The van der Waals surface area contributed by atoms with Gasteiger partial charge in [0.1, 0.15) is 5.54 Å². The molecule has 0 saturated heterocycles. The van der Waals surface area contributed by atoms with Gasteiger partial charge in [0.2, 0.25) is 5.91 Å². The second kappa shape index (κ2) is 6.40. The van der Waals surface area contributed by atoms with Crippen LogP contribution in [0.1, 0.15) is 45.1 Å². The van der Waals surface area contributed by atoms with E-state index in [0.29, 0.717) is 18.4 Å². The molecule has 1 aromatic rings. The summed E-state index contributed by atoms with van der Waals surface area (Å²) in [6.07, 6.45) is 4.22. The quantitative estimate of drug-likeness (QED) is 0.867. The highest BCUT2D eigenvalue weighted by molar-refractivity contribution is 5.85. The highest BCUT2D eigenvalue weighted by atomic mass is 16.1. The maximum atomic E-state index is 12.2. The Morgan fingerprint density at radius 3 is 2.65 bits per heavy atom. The Kier molecular flexibility index (Phi) is 4.81. The van der Waals surface area contributed by atoms with Gasteiger partial charge in [0.25, 0.3) is 0 Å². The number of hydrogen-bond donors (Lipinski definition) is 2. The van der Waals surface area contributed by atoms with Crippen molar-refractivity contribution in [1.82, 2.24) is 5.32 Å². The molecule has 0 bridgehead atoms. The number of nitrogens with two attached hydrogens (primary N) is 1. The number of primary amides is 1. The van der Waals surface area contributed by atoms with Crippen LogP contribution in [0.25, 0.3) is 0 Å². The zero-order valence-corrected chi connectivity index (χ0v) is 12.6. The SMILES string of the molecule is CC(C)C1CCCCC1(NCc1ccccc1)C(N)=O. The first-order chi connectivity index (χ1) is 9.56. The second-order valence-electron chi connectivity index (χ2n) is 6.27. The van der Waals surface area contributed by atoms with Crippen molar-refractivity contribution in [1.29, 1.82) is 0 Å². The standard InChI is InChI=1S/C17H26N2O/c1-13(2)15-10-6-7-11-17(15,16(18)20)19-12-14-8-4-3-5-9-14/h3-5,8-9,13,15,19H,6-7,10-12H2,1-2H3,(H2,18,20). The van der Waals surface area contributed by atoms with Crippen LogP contribution in [0.15, 0.2) is 30.3 Å². The highest BCUT2D eigenvalue weighted by Gasteiger charge is 2.46. The average molecular weight is 274 g/mol. The Labute approximate surface area is 121 Å². The molecule has 0 aliphatic heterocycles. The Hall–Kier alpha value is -1.35. The molecule has 3 N–H and O–H groups in total. The summed E-state index contributed by atoms with van der Waals surface area (Å²) < 4.78 is 0. The van der Waals surface area contributed by atoms with Gasteiger partial charge >= 0.3 is 0 Å². The molecule has 1 fully saturated rings. The van der Waals surface area contributed by atoms with Crippen LogP contribution in [0.4, 0.5) is 0 Å². The van der Waals surface area contributed by atoms with Gasteiger partial charge in [0.05, 0.1) is 0 Å². The summed E-state index contributed by atoms with van der Waals surface area (Å²) >= 11 is 0. The fraction of sp³-hybridized carbons (Fsp3) is 0.588. The molecule has 20 heavy (non-hydrogen) atoms. The van der Waals surface area contributed by atoms with E-state index < -0.39 is 5.54 Å². The minimum absolute atomic E-state index is 0.188. The van der Waals surface area contributed by atoms with Crippen LogP contribution in [0.3, 0.4) is 0 Å². The van der Waals surface area contributed by atoms with E-state index in [1.54, 1.807) is 0 Å². The first-order valence-electron chi connectivity index (χ1n) is 7.65. The van der Waals surface area contributed by atoms with E-state index >= 15 is 0 Å². The number of amides is 1. The number of rotatable bonds is 5. The van der Waals surface area contributed by atoms with Crippen LogP contribution in [0.5, 0.6) is 0 Å². The van der Waals surface area contributed by atoms with Crippen molar-refractivity contribution in [3.63, 3.8) is 0 Å². The predicted molar refractivity (Wildman–Crippen MR) is 82.0 cm³/mol. The zero-order valence-electron chi connectivity index (χ0n) is 12.6. The van der Waals surface area contributed by atoms with Gasteiger partial charge in [-0.25, -0.2) is 0 Å². The zero-order chi connectivity index (χ0) is 14.6. The molecule has 3 heteroatoms. The van der Waals surface area contributed by atoms with Crippen LogP contribution in [-0.4, -0.2) is 11.4 Å². The summed E-state index contributed by atoms with van der Waals surface area (Å²) in [5, 5.41) is 3.51. The fourth-order valence-corrected chi connectivity index (χ4v) is 3.57. The van der Waals surface area contributed by atoms with Crippen molar-refractivity contribution in [2.45, 2.75) is 51.6 Å². The van der Waals surface area contributed by atoms with Gasteiger partial charge < -0.3 is 5.73 Å². The van der Waals surface area contributed by atoms with Crippen LogP contribution in [-0.2, 0) is 11.3 Å². The lowest BCUT2D eigenvalue weighted by Gasteiger charge is -2.44. The fourth-order valence-electron chi connectivity index (χ4n) is 3.57. The largest absolute Gasteiger partial charge is 0.368 e. The smallest absolute Gasteiger partial charge is 0.238 e. The monoisotopic (exact) mass is 274 g/mol. The summed E-state index contributed by atoms with van der Waals surface area (Å²) in [4.78, 5) is 12.2. The van der Waals surface area contributed by atoms with Gasteiger partial charge in [-0.05, 0) is 30.2 Å². The van der Waals surface area contributed by atoms with Crippen molar-refractivity contribution in [3.8, 4) is 0 Å². The second-order valence-corrected chi connectivity index (χ2v) is 6.27. The molecule has 110 valence electrons. The van der Waals surface area contributed by atoms with Crippen molar-refractivity contribution in [3.05, 3.63) is 35.9 Å². The minimum Gasteiger partial charge on any atom is -0.368 e. The molecule has 2 unspecified atom stereocenters. The van der Waals surface area contributed by atoms with Crippen molar-refractivity contribution in [2.75, 3.05) is 0 Å². The van der Waals surface area contributed by atoms with E-state index in [1.165, 1.54) is 12.0 Å². The first kappa shape index (κ1) is 15.0. The van der Waals surface area contributed by atoms with Crippen LogP contribution in [0.2, 0.25) is 0 Å². The molecule has 2 atom stereocenters. The van der Waals surface area contributed by atoms with Gasteiger partial charge in [-0.2, -0.15) is 0 Å². The van der Waals surface area contributed by atoms with Gasteiger partial charge in [0.15, 0.2) is 0 Å². The average Bonchev–Trinajstić information content (AvgIpc) is 2.46. The van der Waals surface area contributed by atoms with Crippen molar-refractivity contribution in [2.24, 2.45) is 17.6 Å². The number of benzene rings is 1. The highest BCUT2D eigenvalue weighted by Crippen LogP contribution is 2.38. The number of hydrogen-bond acceptors (Lipinski definition) is 2. The number of carbonyl (C=O) groups is 1. The van der Waals surface area contributed by atoms with E-state index in [0.717, 1.165) is 19.3 Å². The lowest BCUT2D eigenvalue weighted by Crippen LogP contribution is -2.62. The Balaban J connectivity index is 2.17. The van der Waals surface area contributed by atoms with Gasteiger partial charge in [-0.15, -0.1) is 0 Å². The lowest BCUT2D eigenvalue weighted by molar-refractivity contribution is -0.129. The van der Waals surface area contributed by atoms with Crippen molar-refractivity contribution >= 4 is 5.91 Å². The Morgan fingerprint density at radius 2 is 2.05 bits per heavy atom. The Bertz CT molecular complexity index is 444. The van der Waals surface area contributed by atoms with E-state index in [4.69, 9.17) is 5.73 Å². The molecule has 1 saturated carbocycles. The molecule has 1 amide bonds. The molecule has 1 aromatic carbocycles. The normalized spacial score (nSPS) is 26.6. The molecule has 0 radical (unpaired) electrons. The number of carbonyl (C=O) groups excluding carboxylic acids is 1. The van der Waals surface area contributed by atoms with E-state index in [1.807, 2.05) is 18.2 Å². The van der Waals surface area contributed by atoms with Crippen LogP contribution in [0, 0.1) is 11.8 Å². The first-order valence-corrected chi connectivity index (χ1v) is 7.65. The van der Waals surface area contributed by atoms with Gasteiger partial charge in [-0.1, -0.05) is 57.0 Å².